The van der Waals surface area contributed by atoms with Gasteiger partial charge in [-0.25, -0.2) is 4.98 Å². The van der Waals surface area contributed by atoms with Crippen molar-refractivity contribution in [3.05, 3.63) is 88.5 Å². The summed E-state index contributed by atoms with van der Waals surface area (Å²) in [5.41, 5.74) is 0.135. The van der Waals surface area contributed by atoms with Crippen molar-refractivity contribution in [3.8, 4) is 0 Å². The topological polar surface area (TPSA) is 150 Å². The standard InChI is InChI=1S/C38H49N5O7Si/c1-24(2)31(45)41-34-40-30-27(32(46)42-34)39-23-43(30)33-28(44)29-37(49-33,22-47-20-25-14-10-8-11-15-25)36(18-19-36)38(29,50-51(6,7)35(3,4)5)48-21-26-16-12-9-13-17-26/h8-17,23-24,28-29,33,44H,18-22H2,1-7H3,(H2,40,41,42,45,46)/t28?,29?,33-,37-,38?/m1/s1. The van der Waals surface area contributed by atoms with Crippen LogP contribution in [0.5, 0.6) is 0 Å². The highest BCUT2D eigenvalue weighted by Gasteiger charge is 2.92. The van der Waals surface area contributed by atoms with Crippen molar-refractivity contribution in [1.82, 2.24) is 19.5 Å². The predicted octanol–water partition coefficient (Wildman–Crippen LogP) is 5.90. The normalized spacial score (nSPS) is 26.7. The van der Waals surface area contributed by atoms with Crippen molar-refractivity contribution in [2.75, 3.05) is 11.9 Å². The van der Waals surface area contributed by atoms with E-state index in [-0.39, 0.29) is 47.2 Å². The molecule has 5 atom stereocenters. The predicted molar refractivity (Wildman–Crippen MR) is 194 cm³/mol. The van der Waals surface area contributed by atoms with Gasteiger partial charge in [0.25, 0.3) is 5.56 Å². The number of benzene rings is 2. The minimum Gasteiger partial charge on any atom is -0.389 e. The number of carbonyl (C=O) groups is 1. The molecule has 2 aromatic heterocycles. The van der Waals surface area contributed by atoms with E-state index >= 15 is 0 Å². The van der Waals surface area contributed by atoms with E-state index in [1.54, 1.807) is 18.4 Å². The Balaban J connectivity index is 1.32. The molecule has 3 unspecified atom stereocenters. The SMILES string of the molecule is CC(C)C(=O)Nc1nc2c(ncn2[C@@H]2O[C@]3(COCc4ccccc4)C(C2O)C(OCc2ccccc2)(O[Si](C)(C)C(C)(C)C)C32CC2)c(=O)[nH]1. The molecule has 4 aromatic rings. The molecule has 3 N–H and O–H groups in total. The Bertz CT molecular complexity index is 1960. The lowest BCUT2D eigenvalue weighted by Gasteiger charge is -2.67. The number of fused-ring (bicyclic) bond motifs is 3. The molecule has 1 spiro atoms. The molecule has 13 heteroatoms. The zero-order chi connectivity index (χ0) is 36.4. The molecule has 3 fully saturated rings. The molecule has 1 amide bonds. The van der Waals surface area contributed by atoms with Crippen molar-refractivity contribution in [2.45, 2.75) is 103 Å². The largest absolute Gasteiger partial charge is 0.389 e. The van der Waals surface area contributed by atoms with Crippen molar-refractivity contribution >= 4 is 31.3 Å². The first-order valence-corrected chi connectivity index (χ1v) is 20.7. The second kappa shape index (κ2) is 12.7. The number of aromatic nitrogens is 4. The maximum absolute atomic E-state index is 13.1. The Morgan fingerprint density at radius 2 is 1.71 bits per heavy atom. The summed E-state index contributed by atoms with van der Waals surface area (Å²) in [7, 11) is -2.52. The molecular weight excluding hydrogens is 667 g/mol. The van der Waals surface area contributed by atoms with E-state index in [0.29, 0.717) is 6.61 Å². The van der Waals surface area contributed by atoms with Crippen LogP contribution in [0, 0.1) is 17.3 Å². The fraction of sp³-hybridized carbons (Fsp3) is 0.526. The first-order valence-electron chi connectivity index (χ1n) is 17.8. The molecule has 12 nitrogen and oxygen atoms in total. The van der Waals surface area contributed by atoms with Crippen molar-refractivity contribution < 1.29 is 28.5 Å². The van der Waals surface area contributed by atoms with E-state index in [4.69, 9.17) is 18.6 Å². The number of ether oxygens (including phenoxy) is 3. The number of imidazole rings is 1. The summed E-state index contributed by atoms with van der Waals surface area (Å²) in [5, 5.41) is 15.1. The maximum Gasteiger partial charge on any atom is 0.280 e. The molecule has 3 aliphatic rings. The lowest BCUT2D eigenvalue weighted by molar-refractivity contribution is -0.407. The first kappa shape index (κ1) is 35.7. The summed E-state index contributed by atoms with van der Waals surface area (Å²) in [6.45, 7) is 15.3. The fourth-order valence-electron chi connectivity index (χ4n) is 7.68. The van der Waals surface area contributed by atoms with Gasteiger partial charge in [0.05, 0.1) is 37.5 Å². The van der Waals surface area contributed by atoms with E-state index in [1.807, 2.05) is 60.7 Å². The number of aromatic amines is 1. The Morgan fingerprint density at radius 1 is 1.08 bits per heavy atom. The fourth-order valence-corrected chi connectivity index (χ4v) is 9.12. The third-order valence-electron chi connectivity index (χ3n) is 11.5. The molecule has 51 heavy (non-hydrogen) atoms. The number of anilines is 1. The van der Waals surface area contributed by atoms with E-state index in [0.717, 1.165) is 24.0 Å². The van der Waals surface area contributed by atoms with Crippen LogP contribution >= 0.6 is 0 Å². The quantitative estimate of drug-likeness (QED) is 0.120. The summed E-state index contributed by atoms with van der Waals surface area (Å²) < 4.78 is 29.7. The molecular formula is C38H49N5O7Si. The van der Waals surface area contributed by atoms with Gasteiger partial charge in [-0.05, 0) is 42.1 Å². The van der Waals surface area contributed by atoms with Crippen molar-refractivity contribution in [1.29, 1.82) is 0 Å². The second-order valence-corrected chi connectivity index (χ2v) is 20.8. The minimum atomic E-state index is -2.52. The highest BCUT2D eigenvalue weighted by atomic mass is 28.4. The van der Waals surface area contributed by atoms with E-state index < -0.39 is 48.9 Å². The van der Waals surface area contributed by atoms with Crippen LogP contribution in [-0.2, 0) is 36.6 Å². The average molecular weight is 716 g/mol. The van der Waals surface area contributed by atoms with Gasteiger partial charge in [0.1, 0.15) is 11.7 Å². The lowest BCUT2D eigenvalue weighted by atomic mass is 9.52. The smallest absolute Gasteiger partial charge is 0.280 e. The number of amides is 1. The summed E-state index contributed by atoms with van der Waals surface area (Å²) in [6, 6.07) is 19.9. The molecule has 2 aromatic carbocycles. The molecule has 1 aliphatic heterocycles. The molecule has 7 rings (SSSR count). The summed E-state index contributed by atoms with van der Waals surface area (Å²) >= 11 is 0. The Labute approximate surface area is 299 Å². The molecule has 2 saturated carbocycles. The molecule has 0 radical (unpaired) electrons. The van der Waals surface area contributed by atoms with Crippen LogP contribution in [0.1, 0.15) is 64.8 Å². The van der Waals surface area contributed by atoms with E-state index in [9.17, 15) is 14.7 Å². The van der Waals surface area contributed by atoms with E-state index in [1.165, 1.54) is 6.33 Å². The number of aliphatic hydroxyl groups excluding tert-OH is 1. The summed E-state index contributed by atoms with van der Waals surface area (Å²) in [4.78, 5) is 37.2. The Hall–Kier alpha value is -3.72. The highest BCUT2D eigenvalue weighted by molar-refractivity contribution is 6.74. The van der Waals surface area contributed by atoms with Crippen LogP contribution in [0.2, 0.25) is 18.1 Å². The number of carbonyl (C=O) groups excluding carboxylic acids is 1. The molecule has 2 aliphatic carbocycles. The number of nitrogens with one attached hydrogen (secondary N) is 2. The third-order valence-corrected chi connectivity index (χ3v) is 15.9. The van der Waals surface area contributed by atoms with Crippen molar-refractivity contribution in [3.63, 3.8) is 0 Å². The van der Waals surface area contributed by atoms with Gasteiger partial charge in [0.2, 0.25) is 11.9 Å². The third kappa shape index (κ3) is 5.78. The van der Waals surface area contributed by atoms with Crippen LogP contribution in [0.4, 0.5) is 5.95 Å². The van der Waals surface area contributed by atoms with Crippen LogP contribution < -0.4 is 10.9 Å². The number of H-pyrrole nitrogens is 1. The molecule has 3 heterocycles. The van der Waals surface area contributed by atoms with Crippen LogP contribution in [0.25, 0.3) is 11.2 Å². The van der Waals surface area contributed by atoms with Gasteiger partial charge in [-0.3, -0.25) is 24.5 Å². The van der Waals surface area contributed by atoms with Crippen LogP contribution in [0.15, 0.2) is 71.8 Å². The zero-order valence-corrected chi connectivity index (χ0v) is 31.4. The Morgan fingerprint density at radius 3 is 2.29 bits per heavy atom. The number of hydrogen-bond donors (Lipinski definition) is 3. The maximum atomic E-state index is 13.1. The summed E-state index contributed by atoms with van der Waals surface area (Å²) in [5.74, 6) is -2.49. The second-order valence-electron chi connectivity index (χ2n) is 16.1. The summed E-state index contributed by atoms with van der Waals surface area (Å²) in [6.07, 6.45) is 0.804. The van der Waals surface area contributed by atoms with E-state index in [2.05, 4.69) is 54.1 Å². The van der Waals surface area contributed by atoms with Crippen molar-refractivity contribution in [2.24, 2.45) is 17.3 Å². The van der Waals surface area contributed by atoms with Gasteiger partial charge in [0.15, 0.2) is 31.5 Å². The minimum absolute atomic E-state index is 0.00946. The molecule has 0 bridgehead atoms. The Kier molecular flexibility index (Phi) is 8.91. The van der Waals surface area contributed by atoms with Gasteiger partial charge >= 0.3 is 0 Å². The van der Waals surface area contributed by atoms with Crippen LogP contribution in [-0.4, -0.2) is 62.9 Å². The lowest BCUT2D eigenvalue weighted by Crippen LogP contribution is -2.81. The highest BCUT2D eigenvalue weighted by Crippen LogP contribution is 2.81. The zero-order valence-electron chi connectivity index (χ0n) is 30.4. The monoisotopic (exact) mass is 715 g/mol. The first-order chi connectivity index (χ1) is 24.1. The van der Waals surface area contributed by atoms with Gasteiger partial charge in [-0.2, -0.15) is 4.98 Å². The molecule has 1 saturated heterocycles. The van der Waals surface area contributed by atoms with Gasteiger partial charge < -0.3 is 23.7 Å². The average Bonchev–Trinajstić information content (AvgIpc) is 3.76. The molecule has 272 valence electrons. The van der Waals surface area contributed by atoms with Gasteiger partial charge in [-0.1, -0.05) is 95.3 Å². The number of rotatable bonds is 12. The number of nitrogens with zero attached hydrogens (tertiary/aromatic N) is 3. The van der Waals surface area contributed by atoms with Gasteiger partial charge in [-0.15, -0.1) is 0 Å². The van der Waals surface area contributed by atoms with Gasteiger partial charge in [0, 0.05) is 5.92 Å². The van der Waals surface area contributed by atoms with Crippen LogP contribution in [0.3, 0.4) is 0 Å². The number of aliphatic hydroxyl groups is 1. The number of hydrogen-bond acceptors (Lipinski definition) is 9.